The Morgan fingerprint density at radius 3 is 2.39 bits per heavy atom. The van der Waals surface area contributed by atoms with E-state index in [-0.39, 0.29) is 12.2 Å². The van der Waals surface area contributed by atoms with Gasteiger partial charge >= 0.3 is 0 Å². The maximum atomic E-state index is 12.3. The van der Waals surface area contributed by atoms with E-state index in [0.29, 0.717) is 17.9 Å². The number of nitrogens with zero attached hydrogens (tertiary/aromatic N) is 1. The van der Waals surface area contributed by atoms with Crippen molar-refractivity contribution in [3.63, 3.8) is 0 Å². The van der Waals surface area contributed by atoms with E-state index in [1.54, 1.807) is 0 Å². The van der Waals surface area contributed by atoms with Gasteiger partial charge in [0.15, 0.2) is 0 Å². The van der Waals surface area contributed by atoms with Crippen LogP contribution in [0.25, 0.3) is 0 Å². The predicted molar refractivity (Wildman–Crippen MR) is 74.1 cm³/mol. The molecule has 2 rings (SSSR count). The third-order valence-corrected chi connectivity index (χ3v) is 4.76. The number of carbonyl (C=O) groups is 1. The number of rotatable bonds is 3. The fourth-order valence-electron chi connectivity index (χ4n) is 3.52. The Kier molecular flexibility index (Phi) is 4.31. The summed E-state index contributed by atoms with van der Waals surface area (Å²) in [5.41, 5.74) is 0. The highest BCUT2D eigenvalue weighted by Crippen LogP contribution is 2.33. The van der Waals surface area contributed by atoms with Gasteiger partial charge in [0.25, 0.3) is 0 Å². The molecule has 2 unspecified atom stereocenters. The van der Waals surface area contributed by atoms with Gasteiger partial charge in [-0.15, -0.1) is 0 Å². The molecule has 1 saturated carbocycles. The van der Waals surface area contributed by atoms with Crippen LogP contribution in [-0.4, -0.2) is 29.1 Å². The van der Waals surface area contributed by atoms with Crippen LogP contribution in [0.15, 0.2) is 0 Å². The minimum atomic E-state index is 0.00120. The first-order valence-corrected chi connectivity index (χ1v) is 7.62. The molecule has 2 aliphatic rings. The molecule has 3 nitrogen and oxygen atoms in total. The van der Waals surface area contributed by atoms with Gasteiger partial charge in [0.1, 0.15) is 0 Å². The first-order chi connectivity index (χ1) is 8.54. The van der Waals surface area contributed by atoms with Crippen molar-refractivity contribution in [1.82, 2.24) is 10.2 Å². The zero-order valence-corrected chi connectivity index (χ0v) is 12.3. The molecule has 0 aromatic carbocycles. The van der Waals surface area contributed by atoms with E-state index in [1.807, 2.05) is 6.92 Å². The molecule has 1 N–H and O–H groups in total. The molecule has 1 aliphatic carbocycles. The molecule has 0 bridgehead atoms. The zero-order chi connectivity index (χ0) is 13.3. The lowest BCUT2D eigenvalue weighted by Crippen LogP contribution is -2.48. The van der Waals surface area contributed by atoms with Crippen molar-refractivity contribution in [3.05, 3.63) is 0 Å². The Balaban J connectivity index is 2.04. The topological polar surface area (TPSA) is 32.3 Å². The number of carbonyl (C=O) groups excluding carboxylic acids is 1. The van der Waals surface area contributed by atoms with Gasteiger partial charge in [-0.1, -0.05) is 27.2 Å². The molecule has 1 heterocycles. The molecule has 0 spiro atoms. The molecule has 2 atom stereocenters. The molecule has 104 valence electrons. The number of hydrogen-bond acceptors (Lipinski definition) is 2. The number of hydrogen-bond donors (Lipinski definition) is 1. The van der Waals surface area contributed by atoms with Crippen LogP contribution in [0.1, 0.15) is 59.8 Å². The van der Waals surface area contributed by atoms with Crippen molar-refractivity contribution in [2.45, 2.75) is 78.0 Å². The summed E-state index contributed by atoms with van der Waals surface area (Å²) in [5, 5.41) is 3.45. The van der Waals surface area contributed by atoms with Crippen molar-refractivity contribution in [2.75, 3.05) is 0 Å². The lowest BCUT2D eigenvalue weighted by atomic mass is 9.83. The number of amides is 1. The Morgan fingerprint density at radius 1 is 1.28 bits per heavy atom. The first kappa shape index (κ1) is 13.9. The molecular weight excluding hydrogens is 224 g/mol. The van der Waals surface area contributed by atoms with Crippen LogP contribution in [-0.2, 0) is 4.79 Å². The van der Waals surface area contributed by atoms with E-state index < -0.39 is 0 Å². The van der Waals surface area contributed by atoms with Gasteiger partial charge < -0.3 is 4.90 Å². The van der Waals surface area contributed by atoms with Crippen molar-refractivity contribution < 1.29 is 4.79 Å². The molecule has 0 aromatic rings. The molecular formula is C15H28N2O. The van der Waals surface area contributed by atoms with Crippen molar-refractivity contribution in [2.24, 2.45) is 11.8 Å². The van der Waals surface area contributed by atoms with Crippen LogP contribution in [0.4, 0.5) is 0 Å². The summed E-state index contributed by atoms with van der Waals surface area (Å²) in [4.78, 5) is 14.5. The van der Waals surface area contributed by atoms with Crippen LogP contribution < -0.4 is 5.32 Å². The molecule has 1 saturated heterocycles. The highest BCUT2D eigenvalue weighted by molar-refractivity contribution is 5.84. The van der Waals surface area contributed by atoms with E-state index in [1.165, 1.54) is 32.1 Å². The largest absolute Gasteiger partial charge is 0.323 e. The minimum Gasteiger partial charge on any atom is -0.323 e. The molecule has 1 aliphatic heterocycles. The normalized spacial score (nSPS) is 37.6. The van der Waals surface area contributed by atoms with E-state index in [0.717, 1.165) is 5.92 Å². The van der Waals surface area contributed by atoms with Gasteiger partial charge in [0, 0.05) is 6.04 Å². The second-order valence-electron chi connectivity index (χ2n) is 6.41. The fraction of sp³-hybridized carbons (Fsp3) is 0.933. The zero-order valence-electron chi connectivity index (χ0n) is 12.3. The van der Waals surface area contributed by atoms with Crippen LogP contribution in [0, 0.1) is 11.8 Å². The third-order valence-electron chi connectivity index (χ3n) is 4.76. The monoisotopic (exact) mass is 252 g/mol. The summed E-state index contributed by atoms with van der Waals surface area (Å²) < 4.78 is 0. The summed E-state index contributed by atoms with van der Waals surface area (Å²) in [6.07, 6.45) is 6.52. The average Bonchev–Trinajstić information content (AvgIpc) is 2.66. The van der Waals surface area contributed by atoms with E-state index in [2.05, 4.69) is 31.0 Å². The maximum Gasteiger partial charge on any atom is 0.240 e. The summed E-state index contributed by atoms with van der Waals surface area (Å²) in [5.74, 6) is 1.69. The third kappa shape index (κ3) is 2.56. The molecule has 3 heteroatoms. The highest BCUT2D eigenvalue weighted by Gasteiger charge is 2.42. The van der Waals surface area contributed by atoms with Gasteiger partial charge in [-0.2, -0.15) is 0 Å². The fourth-order valence-corrected chi connectivity index (χ4v) is 3.52. The quantitative estimate of drug-likeness (QED) is 0.837. The van der Waals surface area contributed by atoms with Crippen molar-refractivity contribution in [1.29, 1.82) is 0 Å². The Bertz CT molecular complexity index is 295. The van der Waals surface area contributed by atoms with E-state index in [4.69, 9.17) is 0 Å². The Hall–Kier alpha value is -0.570. The second-order valence-corrected chi connectivity index (χ2v) is 6.41. The maximum absolute atomic E-state index is 12.3. The molecule has 2 fully saturated rings. The molecule has 0 aromatic heterocycles. The standard InChI is InChI=1S/C15H28N2O/c1-5-12-6-8-13(9-7-12)17-14(10(2)3)16-11(4)15(17)18/h10-14,16H,5-9H2,1-4H3. The van der Waals surface area contributed by atoms with Crippen molar-refractivity contribution >= 4 is 5.91 Å². The van der Waals surface area contributed by atoms with Crippen LogP contribution in [0.5, 0.6) is 0 Å². The highest BCUT2D eigenvalue weighted by atomic mass is 16.2. The van der Waals surface area contributed by atoms with Gasteiger partial charge in [-0.3, -0.25) is 10.1 Å². The number of nitrogens with one attached hydrogen (secondary N) is 1. The summed E-state index contributed by atoms with van der Waals surface area (Å²) in [7, 11) is 0. The Labute approximate surface area is 111 Å². The Morgan fingerprint density at radius 2 is 1.89 bits per heavy atom. The molecule has 0 radical (unpaired) electrons. The summed E-state index contributed by atoms with van der Waals surface area (Å²) >= 11 is 0. The van der Waals surface area contributed by atoms with Gasteiger partial charge in [-0.05, 0) is 44.4 Å². The summed E-state index contributed by atoms with van der Waals surface area (Å²) in [6, 6.07) is 0.478. The summed E-state index contributed by atoms with van der Waals surface area (Å²) in [6.45, 7) is 8.68. The van der Waals surface area contributed by atoms with E-state index in [9.17, 15) is 4.79 Å². The lowest BCUT2D eigenvalue weighted by molar-refractivity contribution is -0.133. The van der Waals surface area contributed by atoms with Gasteiger partial charge in [0.2, 0.25) is 5.91 Å². The lowest BCUT2D eigenvalue weighted by Gasteiger charge is -2.38. The molecule has 1 amide bonds. The first-order valence-electron chi connectivity index (χ1n) is 7.62. The predicted octanol–water partition coefficient (Wildman–Crippen LogP) is 2.76. The van der Waals surface area contributed by atoms with Crippen LogP contribution >= 0.6 is 0 Å². The second kappa shape index (κ2) is 5.60. The van der Waals surface area contributed by atoms with Crippen molar-refractivity contribution in [3.8, 4) is 0 Å². The molecule has 18 heavy (non-hydrogen) atoms. The minimum absolute atomic E-state index is 0.00120. The van der Waals surface area contributed by atoms with E-state index >= 15 is 0 Å². The average molecular weight is 252 g/mol. The van der Waals surface area contributed by atoms with Crippen LogP contribution in [0.2, 0.25) is 0 Å². The smallest absolute Gasteiger partial charge is 0.240 e. The SMILES string of the molecule is CCC1CCC(N2C(=O)C(C)NC2C(C)C)CC1. The van der Waals surface area contributed by atoms with Gasteiger partial charge in [-0.25, -0.2) is 0 Å². The van der Waals surface area contributed by atoms with Crippen LogP contribution in [0.3, 0.4) is 0 Å². The van der Waals surface area contributed by atoms with Gasteiger partial charge in [0.05, 0.1) is 12.2 Å².